The van der Waals surface area contributed by atoms with Crippen molar-refractivity contribution >= 4 is 21.7 Å². The second-order valence-electron chi connectivity index (χ2n) is 9.34. The maximum Gasteiger partial charge on any atom is 0.243 e. The third-order valence-corrected chi connectivity index (χ3v) is 8.78. The molecule has 0 radical (unpaired) electrons. The molecule has 0 amide bonds. The van der Waals surface area contributed by atoms with Crippen LogP contribution in [-0.2, 0) is 10.0 Å². The number of guanidine groups is 1. The molecule has 1 aliphatic rings. The maximum atomic E-state index is 14.1. The van der Waals surface area contributed by atoms with Crippen molar-refractivity contribution in [3.8, 4) is 17.3 Å². The van der Waals surface area contributed by atoms with E-state index in [9.17, 15) is 13.7 Å². The van der Waals surface area contributed by atoms with Gasteiger partial charge in [-0.3, -0.25) is 5.32 Å². The average Bonchev–Trinajstić information content (AvgIpc) is 2.98. The third-order valence-electron chi connectivity index (χ3n) is 6.87. The summed E-state index contributed by atoms with van der Waals surface area (Å²) in [7, 11) is -3.84. The Bertz CT molecular complexity index is 1620. The summed E-state index contributed by atoms with van der Waals surface area (Å²) in [5.74, 6) is 0.399. The Balaban J connectivity index is 1.51. The van der Waals surface area contributed by atoms with Crippen LogP contribution in [0.4, 0.5) is 5.69 Å². The first kappa shape index (κ1) is 26.2. The van der Waals surface area contributed by atoms with E-state index in [4.69, 9.17) is 4.99 Å². The number of benzene rings is 4. The first-order chi connectivity index (χ1) is 19.0. The van der Waals surface area contributed by atoms with Crippen molar-refractivity contribution in [3.63, 3.8) is 0 Å². The van der Waals surface area contributed by atoms with Gasteiger partial charge in [-0.2, -0.15) is 9.57 Å². The quantitative estimate of drug-likeness (QED) is 0.159. The highest BCUT2D eigenvalue weighted by atomic mass is 32.2. The zero-order chi connectivity index (χ0) is 27.2. The summed E-state index contributed by atoms with van der Waals surface area (Å²) in [5, 5.41) is 12.2. The molecule has 0 aliphatic carbocycles. The molecule has 4 aromatic carbocycles. The van der Waals surface area contributed by atoms with Gasteiger partial charge in [0.25, 0.3) is 0 Å². The number of hydrogen-bond donors (Lipinski definition) is 1. The molecule has 196 valence electrons. The fourth-order valence-corrected chi connectivity index (χ4v) is 6.47. The number of aliphatic imine (C=N–C) groups is 1. The molecular weight excluding hydrogens is 506 g/mol. The molecular formula is C31H29N5O2S. The number of rotatable bonds is 5. The normalized spacial score (nSPS) is 16.5. The lowest BCUT2D eigenvalue weighted by Gasteiger charge is -2.41. The first-order valence-corrected chi connectivity index (χ1v) is 14.2. The van der Waals surface area contributed by atoms with Crippen molar-refractivity contribution < 1.29 is 8.42 Å². The maximum absolute atomic E-state index is 14.1. The highest BCUT2D eigenvalue weighted by molar-refractivity contribution is 7.89. The largest absolute Gasteiger partial charge is 0.339 e. The SMILES string of the molecule is Cc1ccccc1N=C(NC#N)N1CCN(S(=O)(=O)c2cccc(-c3ccccc3)c2)C(c2ccccc2)C1. The molecule has 0 spiro atoms. The molecule has 0 saturated carbocycles. The van der Waals surface area contributed by atoms with Gasteiger partial charge in [0, 0.05) is 19.6 Å². The van der Waals surface area contributed by atoms with Gasteiger partial charge in [0.05, 0.1) is 16.6 Å². The van der Waals surface area contributed by atoms with Crippen LogP contribution in [0.15, 0.2) is 119 Å². The van der Waals surface area contributed by atoms with Crippen LogP contribution < -0.4 is 5.32 Å². The van der Waals surface area contributed by atoms with E-state index in [0.717, 1.165) is 27.9 Å². The minimum absolute atomic E-state index is 0.233. The number of nitrogens with zero attached hydrogens (tertiary/aromatic N) is 4. The Hall–Kier alpha value is -4.45. The Morgan fingerprint density at radius 1 is 0.872 bits per heavy atom. The smallest absolute Gasteiger partial charge is 0.243 e. The molecule has 1 fully saturated rings. The molecule has 1 saturated heterocycles. The number of aryl methyl sites for hydroxylation is 1. The molecule has 1 atom stereocenters. The lowest BCUT2D eigenvalue weighted by atomic mass is 10.0. The second-order valence-corrected chi connectivity index (χ2v) is 11.2. The predicted molar refractivity (Wildman–Crippen MR) is 154 cm³/mol. The van der Waals surface area contributed by atoms with E-state index in [0.29, 0.717) is 19.0 Å². The summed E-state index contributed by atoms with van der Waals surface area (Å²) in [6, 6.07) is 33.7. The van der Waals surface area contributed by atoms with Crippen LogP contribution in [0.2, 0.25) is 0 Å². The van der Waals surface area contributed by atoms with Crippen LogP contribution >= 0.6 is 0 Å². The van der Waals surface area contributed by atoms with Gasteiger partial charge in [-0.05, 0) is 47.4 Å². The van der Waals surface area contributed by atoms with Crippen LogP contribution in [0.3, 0.4) is 0 Å². The third kappa shape index (κ3) is 5.70. The average molecular weight is 536 g/mol. The molecule has 1 N–H and O–H groups in total. The van der Waals surface area contributed by atoms with Gasteiger partial charge in [-0.25, -0.2) is 13.4 Å². The fraction of sp³-hybridized carbons (Fsp3) is 0.161. The molecule has 8 heteroatoms. The summed E-state index contributed by atoms with van der Waals surface area (Å²) < 4.78 is 29.8. The van der Waals surface area contributed by atoms with Gasteiger partial charge in [0.15, 0.2) is 6.19 Å². The van der Waals surface area contributed by atoms with E-state index in [1.807, 2.05) is 109 Å². The number of sulfonamides is 1. The van der Waals surface area contributed by atoms with Gasteiger partial charge < -0.3 is 4.90 Å². The van der Waals surface area contributed by atoms with Gasteiger partial charge >= 0.3 is 0 Å². The second kappa shape index (κ2) is 11.5. The zero-order valence-corrected chi connectivity index (χ0v) is 22.4. The number of nitrogens with one attached hydrogen (secondary N) is 1. The minimum atomic E-state index is -3.84. The standard InChI is InChI=1S/C31H29N5O2S/c1-24-11-8-9-18-29(24)34-31(33-23-32)35-19-20-36(30(22-35)26-14-6-3-7-15-26)39(37,38)28-17-10-16-27(21-28)25-12-4-2-5-13-25/h2-18,21,30H,19-20,22H2,1H3,(H,33,34). The Morgan fingerprint density at radius 3 is 2.26 bits per heavy atom. The predicted octanol–water partition coefficient (Wildman–Crippen LogP) is 5.47. The van der Waals surface area contributed by atoms with E-state index in [1.165, 1.54) is 0 Å². The van der Waals surface area contributed by atoms with Crippen molar-refractivity contribution in [3.05, 3.63) is 120 Å². The van der Waals surface area contributed by atoms with Crippen molar-refractivity contribution in [2.24, 2.45) is 4.99 Å². The van der Waals surface area contributed by atoms with E-state index in [2.05, 4.69) is 5.32 Å². The lowest BCUT2D eigenvalue weighted by Crippen LogP contribution is -2.54. The highest BCUT2D eigenvalue weighted by Crippen LogP contribution is 2.33. The summed E-state index contributed by atoms with van der Waals surface area (Å²) in [6.07, 6.45) is 1.99. The highest BCUT2D eigenvalue weighted by Gasteiger charge is 2.38. The number of nitriles is 1. The Morgan fingerprint density at radius 2 is 1.54 bits per heavy atom. The van der Waals surface area contributed by atoms with Gasteiger partial charge in [0.1, 0.15) is 0 Å². The molecule has 5 rings (SSSR count). The summed E-state index contributed by atoms with van der Waals surface area (Å²) in [4.78, 5) is 6.93. The topological polar surface area (TPSA) is 88.8 Å². The molecule has 4 aromatic rings. The van der Waals surface area contributed by atoms with Crippen LogP contribution in [0.5, 0.6) is 0 Å². The monoisotopic (exact) mass is 535 g/mol. The fourth-order valence-electron chi connectivity index (χ4n) is 4.83. The zero-order valence-electron chi connectivity index (χ0n) is 21.6. The lowest BCUT2D eigenvalue weighted by molar-refractivity contribution is 0.192. The van der Waals surface area contributed by atoms with Gasteiger partial charge in [0.2, 0.25) is 16.0 Å². The van der Waals surface area contributed by atoms with E-state index in [1.54, 1.807) is 22.5 Å². The number of hydrogen-bond acceptors (Lipinski definition) is 4. The summed E-state index contributed by atoms with van der Waals surface area (Å²) >= 11 is 0. The molecule has 7 nitrogen and oxygen atoms in total. The van der Waals surface area contributed by atoms with E-state index < -0.39 is 16.1 Å². The van der Waals surface area contributed by atoms with Gasteiger partial charge in [-0.15, -0.1) is 0 Å². The van der Waals surface area contributed by atoms with Crippen LogP contribution in [-0.4, -0.2) is 43.2 Å². The van der Waals surface area contributed by atoms with Crippen LogP contribution in [0.1, 0.15) is 17.2 Å². The van der Waals surface area contributed by atoms with E-state index in [-0.39, 0.29) is 11.4 Å². The van der Waals surface area contributed by atoms with Crippen molar-refractivity contribution in [1.82, 2.24) is 14.5 Å². The molecule has 0 aromatic heterocycles. The van der Waals surface area contributed by atoms with Crippen molar-refractivity contribution in [2.75, 3.05) is 19.6 Å². The van der Waals surface area contributed by atoms with Crippen molar-refractivity contribution in [1.29, 1.82) is 5.26 Å². The van der Waals surface area contributed by atoms with E-state index >= 15 is 0 Å². The Kier molecular flexibility index (Phi) is 7.73. The molecule has 1 aliphatic heterocycles. The molecule has 1 unspecified atom stereocenters. The van der Waals surface area contributed by atoms with Crippen LogP contribution in [0.25, 0.3) is 11.1 Å². The van der Waals surface area contributed by atoms with Crippen LogP contribution in [0, 0.1) is 18.4 Å². The summed E-state index contributed by atoms with van der Waals surface area (Å²) in [6.45, 7) is 2.91. The number of piperazine rings is 1. The Labute approximate surface area is 229 Å². The van der Waals surface area contributed by atoms with Crippen molar-refractivity contribution in [2.45, 2.75) is 17.9 Å². The van der Waals surface area contributed by atoms with Gasteiger partial charge in [-0.1, -0.05) is 91.0 Å². The molecule has 39 heavy (non-hydrogen) atoms. The summed E-state index contributed by atoms with van der Waals surface area (Å²) in [5.41, 5.74) is 4.40. The number of para-hydroxylation sites is 1. The minimum Gasteiger partial charge on any atom is -0.339 e. The first-order valence-electron chi connectivity index (χ1n) is 12.7. The molecule has 0 bridgehead atoms. The molecule has 1 heterocycles.